The number of rotatable bonds is 11. The average Bonchev–Trinajstić information content (AvgIpc) is 3.53. The molecule has 4 aromatic rings. The van der Waals surface area contributed by atoms with E-state index in [1.165, 1.54) is 23.0 Å². The lowest BCUT2D eigenvalue weighted by atomic mass is 9.96. The minimum absolute atomic E-state index is 0.127. The maximum atomic E-state index is 14.9. The Morgan fingerprint density at radius 1 is 1.04 bits per heavy atom. The Bertz CT molecular complexity index is 1940. The third-order valence-corrected chi connectivity index (χ3v) is 8.44. The minimum atomic E-state index is -3.31. The predicted octanol–water partition coefficient (Wildman–Crippen LogP) is 6.46. The lowest BCUT2D eigenvalue weighted by Crippen LogP contribution is -2.47. The van der Waals surface area contributed by atoms with Crippen molar-refractivity contribution in [3.8, 4) is 17.0 Å². The van der Waals surface area contributed by atoms with Crippen LogP contribution in [0.25, 0.3) is 16.9 Å². The molecule has 3 amide bonds. The first-order valence-electron chi connectivity index (χ1n) is 16.9. The van der Waals surface area contributed by atoms with Crippen molar-refractivity contribution in [2.75, 3.05) is 25.0 Å². The van der Waals surface area contributed by atoms with Crippen molar-refractivity contribution in [3.05, 3.63) is 71.7 Å². The summed E-state index contributed by atoms with van der Waals surface area (Å²) >= 11 is 0. The van der Waals surface area contributed by atoms with Gasteiger partial charge in [-0.05, 0) is 82.9 Å². The topological polar surface area (TPSA) is 139 Å². The van der Waals surface area contributed by atoms with E-state index in [2.05, 4.69) is 30.7 Å². The summed E-state index contributed by atoms with van der Waals surface area (Å²) in [5, 5.41) is 9.01. The van der Waals surface area contributed by atoms with Gasteiger partial charge in [0.25, 0.3) is 5.91 Å². The van der Waals surface area contributed by atoms with Crippen molar-refractivity contribution in [1.29, 1.82) is 0 Å². The molecule has 0 spiro atoms. The lowest BCUT2D eigenvalue weighted by Gasteiger charge is -2.33. The van der Waals surface area contributed by atoms with Gasteiger partial charge in [-0.3, -0.25) is 14.0 Å². The van der Waals surface area contributed by atoms with E-state index in [9.17, 15) is 31.9 Å². The highest BCUT2D eigenvalue weighted by atomic mass is 19.3. The van der Waals surface area contributed by atoms with Crippen LogP contribution in [0, 0.1) is 17.6 Å². The van der Waals surface area contributed by atoms with Crippen LogP contribution in [-0.2, 0) is 16.0 Å². The van der Waals surface area contributed by atoms with Gasteiger partial charge >= 0.3 is 12.7 Å². The van der Waals surface area contributed by atoms with Gasteiger partial charge in [-0.1, -0.05) is 6.92 Å². The summed E-state index contributed by atoms with van der Waals surface area (Å²) in [6.45, 7) is 6.88. The van der Waals surface area contributed by atoms with E-state index in [1.54, 1.807) is 30.0 Å². The quantitative estimate of drug-likeness (QED) is 0.150. The molecule has 278 valence electrons. The summed E-state index contributed by atoms with van der Waals surface area (Å²) in [5.41, 5.74) is 1.38. The number of fused-ring (bicyclic) bond motifs is 1. The molecule has 52 heavy (non-hydrogen) atoms. The second-order valence-corrected chi connectivity index (χ2v) is 13.4. The van der Waals surface area contributed by atoms with Crippen molar-refractivity contribution in [2.45, 2.75) is 72.1 Å². The predicted molar refractivity (Wildman–Crippen MR) is 185 cm³/mol. The number of hydrogen-bond donors (Lipinski definition) is 3. The molecule has 1 aliphatic rings. The van der Waals surface area contributed by atoms with Gasteiger partial charge in [-0.25, -0.2) is 19.2 Å². The van der Waals surface area contributed by atoms with E-state index in [0.717, 1.165) is 17.7 Å². The number of anilines is 2. The molecule has 1 saturated heterocycles. The Kier molecular flexibility index (Phi) is 11.5. The second kappa shape index (κ2) is 15.9. The first kappa shape index (κ1) is 37.8. The fourth-order valence-corrected chi connectivity index (χ4v) is 5.85. The fourth-order valence-electron chi connectivity index (χ4n) is 5.85. The number of ether oxygens (including phenoxy) is 2. The van der Waals surface area contributed by atoms with Crippen LogP contribution in [0.1, 0.15) is 63.4 Å². The third-order valence-electron chi connectivity index (χ3n) is 8.44. The molecular formula is C36H41F4N7O5. The summed E-state index contributed by atoms with van der Waals surface area (Å²) in [6.07, 6.45) is 5.40. The standard InChI is InChI=1S/C36H41F4N7O5/c1-6-21-17-23(45-30-31-42-19-26(47(31)16-13-41-30)25-9-10-27(51-34(39)40)29(38)28(25)37)7-8-24(21)33(49)44-20(2)18-43-32(48)22-11-14-46(15-12-22)35(50)52-36(3,4)5/h7-10,13,16-17,19-20,22,34H,6,11-12,14-15,18H2,1-5H3,(H,41,45)(H,43,48)(H,44,49)/t20-/m0/s1. The minimum Gasteiger partial charge on any atom is -0.444 e. The van der Waals surface area contributed by atoms with Gasteiger partial charge in [-0.15, -0.1) is 0 Å². The van der Waals surface area contributed by atoms with E-state index in [1.807, 2.05) is 27.7 Å². The Morgan fingerprint density at radius 2 is 1.77 bits per heavy atom. The van der Waals surface area contributed by atoms with Crippen LogP contribution in [-0.4, -0.2) is 75.1 Å². The van der Waals surface area contributed by atoms with Gasteiger partial charge < -0.3 is 30.3 Å². The molecule has 0 saturated carbocycles. The van der Waals surface area contributed by atoms with Crippen molar-refractivity contribution in [2.24, 2.45) is 5.92 Å². The molecule has 0 radical (unpaired) electrons. The monoisotopic (exact) mass is 727 g/mol. The lowest BCUT2D eigenvalue weighted by molar-refractivity contribution is -0.126. The van der Waals surface area contributed by atoms with Crippen LogP contribution >= 0.6 is 0 Å². The van der Waals surface area contributed by atoms with Gasteiger partial charge in [0.1, 0.15) is 5.60 Å². The number of amides is 3. The van der Waals surface area contributed by atoms with Crippen LogP contribution < -0.4 is 20.7 Å². The summed E-state index contributed by atoms with van der Waals surface area (Å²) in [5.74, 6) is -4.24. The van der Waals surface area contributed by atoms with Gasteiger partial charge in [0.05, 0.1) is 11.9 Å². The smallest absolute Gasteiger partial charge is 0.410 e. The zero-order valence-corrected chi connectivity index (χ0v) is 29.4. The summed E-state index contributed by atoms with van der Waals surface area (Å²) in [6, 6.07) is 6.81. The number of alkyl halides is 2. The van der Waals surface area contributed by atoms with Crippen molar-refractivity contribution >= 4 is 35.1 Å². The number of halogens is 4. The van der Waals surface area contributed by atoms with E-state index >= 15 is 0 Å². The number of nitrogens with zero attached hydrogens (tertiary/aromatic N) is 4. The number of carbonyl (C=O) groups is 3. The summed E-state index contributed by atoms with van der Waals surface area (Å²) in [7, 11) is 0. The van der Waals surface area contributed by atoms with E-state index in [-0.39, 0.29) is 59.1 Å². The molecule has 16 heteroatoms. The number of carbonyl (C=O) groups excluding carboxylic acids is 3. The molecule has 5 rings (SSSR count). The Hall–Kier alpha value is -5.41. The largest absolute Gasteiger partial charge is 0.444 e. The molecule has 3 N–H and O–H groups in total. The zero-order valence-electron chi connectivity index (χ0n) is 29.4. The van der Waals surface area contributed by atoms with Gasteiger partial charge in [0, 0.05) is 60.8 Å². The van der Waals surface area contributed by atoms with Crippen LogP contribution in [0.5, 0.6) is 5.75 Å². The summed E-state index contributed by atoms with van der Waals surface area (Å²) < 4.78 is 65.5. The van der Waals surface area contributed by atoms with Crippen molar-refractivity contribution in [3.63, 3.8) is 0 Å². The van der Waals surface area contributed by atoms with Crippen LogP contribution in [0.2, 0.25) is 0 Å². The third kappa shape index (κ3) is 8.90. The van der Waals surface area contributed by atoms with E-state index in [0.29, 0.717) is 43.6 Å². The average molecular weight is 728 g/mol. The Morgan fingerprint density at radius 3 is 2.44 bits per heavy atom. The van der Waals surface area contributed by atoms with E-state index in [4.69, 9.17) is 4.74 Å². The number of piperidine rings is 1. The molecule has 2 aromatic carbocycles. The number of aromatic nitrogens is 3. The van der Waals surface area contributed by atoms with Gasteiger partial charge in [-0.2, -0.15) is 13.2 Å². The molecular weight excluding hydrogens is 686 g/mol. The molecule has 0 bridgehead atoms. The molecule has 3 heterocycles. The Labute approximate surface area is 297 Å². The maximum Gasteiger partial charge on any atom is 0.410 e. The molecule has 1 atom stereocenters. The Balaban J connectivity index is 1.19. The first-order chi connectivity index (χ1) is 24.6. The number of aryl methyl sites for hydroxylation is 1. The molecule has 1 fully saturated rings. The number of hydrogen-bond acceptors (Lipinski definition) is 8. The van der Waals surface area contributed by atoms with Crippen LogP contribution in [0.15, 0.2) is 48.9 Å². The number of imidazole rings is 1. The van der Waals surface area contributed by atoms with Crippen molar-refractivity contribution < 1.29 is 41.4 Å². The molecule has 1 aliphatic heterocycles. The molecule has 2 aromatic heterocycles. The van der Waals surface area contributed by atoms with Crippen molar-refractivity contribution in [1.82, 2.24) is 29.9 Å². The maximum absolute atomic E-state index is 14.9. The zero-order chi connectivity index (χ0) is 37.7. The number of nitrogens with one attached hydrogen (secondary N) is 3. The molecule has 0 aliphatic carbocycles. The van der Waals surface area contributed by atoms with Gasteiger partial charge in [0.2, 0.25) is 11.7 Å². The SMILES string of the molecule is CCc1cc(Nc2nccn3c(-c4ccc(OC(F)F)c(F)c4F)cnc23)ccc1C(=O)N[C@@H](C)CNC(=O)C1CCN(C(=O)OC(C)(C)C)CC1. The van der Waals surface area contributed by atoms with E-state index < -0.39 is 29.6 Å². The second-order valence-electron chi connectivity index (χ2n) is 13.4. The number of likely N-dealkylation sites (tertiary alicyclic amines) is 1. The van der Waals surface area contributed by atoms with Crippen LogP contribution in [0.4, 0.5) is 33.9 Å². The summed E-state index contributed by atoms with van der Waals surface area (Å²) in [4.78, 5) is 48.7. The molecule has 0 unspecified atom stereocenters. The highest BCUT2D eigenvalue weighted by Crippen LogP contribution is 2.32. The highest BCUT2D eigenvalue weighted by Gasteiger charge is 2.30. The fraction of sp³-hybridized carbons (Fsp3) is 0.417. The van der Waals surface area contributed by atoms with Gasteiger partial charge in [0.15, 0.2) is 23.0 Å². The first-order valence-corrected chi connectivity index (χ1v) is 16.9. The normalized spacial score (nSPS) is 14.3. The highest BCUT2D eigenvalue weighted by molar-refractivity contribution is 5.96. The number of benzene rings is 2. The molecule has 12 nitrogen and oxygen atoms in total. The van der Waals surface area contributed by atoms with Crippen LogP contribution in [0.3, 0.4) is 0 Å².